The van der Waals surface area contributed by atoms with E-state index in [0.717, 1.165) is 12.0 Å². The quantitative estimate of drug-likeness (QED) is 0.453. The van der Waals surface area contributed by atoms with Crippen LogP contribution in [0, 0.1) is 11.3 Å². The van der Waals surface area contributed by atoms with Gasteiger partial charge in [-0.1, -0.05) is 42.5 Å². The van der Waals surface area contributed by atoms with Crippen LogP contribution in [-0.2, 0) is 16.1 Å². The Labute approximate surface area is 203 Å². The van der Waals surface area contributed by atoms with Crippen LogP contribution in [0.2, 0.25) is 0 Å². The lowest BCUT2D eigenvalue weighted by molar-refractivity contribution is -0.170. The highest BCUT2D eigenvalue weighted by atomic mass is 79.9. The number of nitrogens with zero attached hydrogens (tertiary/aromatic N) is 3. The lowest BCUT2D eigenvalue weighted by Crippen LogP contribution is -2.41. The maximum atomic E-state index is 13.2. The fourth-order valence-corrected chi connectivity index (χ4v) is 4.18. The lowest BCUT2D eigenvalue weighted by Gasteiger charge is -2.25. The van der Waals surface area contributed by atoms with E-state index in [1.165, 1.54) is 29.2 Å². The van der Waals surface area contributed by atoms with E-state index in [9.17, 15) is 22.8 Å². The maximum absolute atomic E-state index is 13.2. The molecule has 0 unspecified atom stereocenters. The number of likely N-dealkylation sites (tertiary alicyclic amines) is 1. The molecular weight excluding hydrogens is 515 g/mol. The van der Waals surface area contributed by atoms with E-state index in [1.807, 2.05) is 36.4 Å². The normalized spacial score (nSPS) is 15.9. The van der Waals surface area contributed by atoms with E-state index >= 15 is 0 Å². The van der Waals surface area contributed by atoms with Crippen LogP contribution >= 0.6 is 15.9 Å². The monoisotopic (exact) mass is 535 g/mol. The molecule has 0 radical (unpaired) electrons. The van der Waals surface area contributed by atoms with Gasteiger partial charge >= 0.3 is 18.2 Å². The van der Waals surface area contributed by atoms with Crippen molar-refractivity contribution < 1.29 is 27.5 Å². The van der Waals surface area contributed by atoms with Crippen LogP contribution in [0.5, 0.6) is 0 Å². The molecule has 3 rings (SSSR count). The van der Waals surface area contributed by atoms with Crippen LogP contribution in [-0.4, -0.2) is 42.2 Å². The Bertz CT molecular complexity index is 1100. The molecule has 0 aliphatic carbocycles. The molecule has 1 heterocycles. The smallest absolute Gasteiger partial charge is 0.445 e. The van der Waals surface area contributed by atoms with Gasteiger partial charge in [-0.3, -0.25) is 9.69 Å². The maximum Gasteiger partial charge on any atom is 0.471 e. The number of benzene rings is 2. The molecule has 0 aromatic heterocycles. The Hall–Kier alpha value is -3.32. The van der Waals surface area contributed by atoms with Crippen molar-refractivity contribution in [3.05, 3.63) is 76.3 Å². The second-order valence-electron chi connectivity index (χ2n) is 7.56. The first kappa shape index (κ1) is 25.3. The first-order chi connectivity index (χ1) is 16.2. The Morgan fingerprint density at radius 2 is 1.97 bits per heavy atom. The molecule has 1 aliphatic rings. The summed E-state index contributed by atoms with van der Waals surface area (Å²) >= 11 is 3.14. The second-order valence-corrected chi connectivity index (χ2v) is 8.42. The van der Waals surface area contributed by atoms with Crippen LogP contribution < -0.4 is 4.90 Å². The molecule has 34 heavy (non-hydrogen) atoms. The van der Waals surface area contributed by atoms with E-state index in [0.29, 0.717) is 17.9 Å². The molecule has 1 aliphatic heterocycles. The molecule has 2 aromatic rings. The van der Waals surface area contributed by atoms with Crippen molar-refractivity contribution in [2.45, 2.75) is 31.7 Å². The van der Waals surface area contributed by atoms with Crippen LogP contribution in [0.4, 0.5) is 23.7 Å². The first-order valence-corrected chi connectivity index (χ1v) is 11.2. The molecule has 1 saturated heterocycles. The van der Waals surface area contributed by atoms with Crippen molar-refractivity contribution in [3.8, 4) is 6.07 Å². The number of amides is 2. The molecule has 0 bridgehead atoms. The van der Waals surface area contributed by atoms with E-state index < -0.39 is 18.2 Å². The molecule has 2 amide bonds. The van der Waals surface area contributed by atoms with Gasteiger partial charge in [-0.2, -0.15) is 18.4 Å². The third-order valence-corrected chi connectivity index (χ3v) is 5.88. The van der Waals surface area contributed by atoms with Gasteiger partial charge < -0.3 is 9.64 Å². The largest absolute Gasteiger partial charge is 0.471 e. The lowest BCUT2D eigenvalue weighted by atomic mass is 10.2. The molecule has 6 nitrogen and oxygen atoms in total. The van der Waals surface area contributed by atoms with Crippen molar-refractivity contribution in [2.24, 2.45) is 0 Å². The van der Waals surface area contributed by atoms with E-state index in [1.54, 1.807) is 6.08 Å². The van der Waals surface area contributed by atoms with Gasteiger partial charge in [0, 0.05) is 17.6 Å². The van der Waals surface area contributed by atoms with Crippen molar-refractivity contribution in [1.82, 2.24) is 4.90 Å². The zero-order chi connectivity index (χ0) is 24.7. The SMILES string of the molecule is N#Cc1ccc(N(C/C=C\[C@H]2CCCN2C(=O)OCc2ccccc2)C(=O)C(F)(F)F)c(Br)c1. The molecule has 0 saturated carbocycles. The number of halogens is 4. The average Bonchev–Trinajstić information content (AvgIpc) is 3.29. The summed E-state index contributed by atoms with van der Waals surface area (Å²) in [5.74, 6) is -2.03. The fourth-order valence-electron chi connectivity index (χ4n) is 3.58. The zero-order valence-electron chi connectivity index (χ0n) is 18.0. The first-order valence-electron chi connectivity index (χ1n) is 10.4. The van der Waals surface area contributed by atoms with Gasteiger partial charge in [0.15, 0.2) is 0 Å². The topological polar surface area (TPSA) is 73.6 Å². The number of carbonyl (C=O) groups excluding carboxylic acids is 2. The molecule has 0 spiro atoms. The number of alkyl halides is 3. The minimum atomic E-state index is -5.08. The van der Waals surface area contributed by atoms with Gasteiger partial charge in [0.2, 0.25) is 0 Å². The highest BCUT2D eigenvalue weighted by Gasteiger charge is 2.43. The van der Waals surface area contributed by atoms with Gasteiger partial charge in [-0.25, -0.2) is 4.79 Å². The number of ether oxygens (including phenoxy) is 1. The molecule has 1 atom stereocenters. The summed E-state index contributed by atoms with van der Waals surface area (Å²) in [7, 11) is 0. The third kappa shape index (κ3) is 6.38. The van der Waals surface area contributed by atoms with Gasteiger partial charge in [-0.05, 0) is 52.5 Å². The summed E-state index contributed by atoms with van der Waals surface area (Å²) in [6.45, 7) is 0.217. The highest BCUT2D eigenvalue weighted by molar-refractivity contribution is 9.10. The summed E-state index contributed by atoms with van der Waals surface area (Å²) in [4.78, 5) is 26.7. The van der Waals surface area contributed by atoms with Crippen LogP contribution in [0.15, 0.2) is 65.2 Å². The van der Waals surface area contributed by atoms with Crippen LogP contribution in [0.25, 0.3) is 0 Å². The number of anilines is 1. The van der Waals surface area contributed by atoms with Crippen molar-refractivity contribution in [2.75, 3.05) is 18.0 Å². The number of carbonyl (C=O) groups is 2. The Kier molecular flexibility index (Phi) is 8.34. The molecule has 1 fully saturated rings. The van der Waals surface area contributed by atoms with Gasteiger partial charge in [0.25, 0.3) is 0 Å². The van der Waals surface area contributed by atoms with Gasteiger partial charge in [0.1, 0.15) is 6.61 Å². The molecular formula is C24H21BrF3N3O3. The second kappa shape index (κ2) is 11.2. The Balaban J connectivity index is 1.70. The molecule has 0 N–H and O–H groups in total. The number of hydrogen-bond donors (Lipinski definition) is 0. The van der Waals surface area contributed by atoms with Gasteiger partial charge in [-0.15, -0.1) is 0 Å². The summed E-state index contributed by atoms with van der Waals surface area (Å²) in [6.07, 6.45) is -1.18. The number of rotatable bonds is 6. The van der Waals surface area contributed by atoms with Gasteiger partial charge in [0.05, 0.1) is 23.4 Å². The Morgan fingerprint density at radius 3 is 2.62 bits per heavy atom. The zero-order valence-corrected chi connectivity index (χ0v) is 19.6. The third-order valence-electron chi connectivity index (χ3n) is 5.24. The standard InChI is InChI=1S/C24H21BrF3N3O3/c25-20-14-18(15-29)10-11-21(20)31(22(32)24(26,27)28)13-5-9-19-8-4-12-30(19)23(33)34-16-17-6-2-1-3-7-17/h1-3,5-7,9-11,14,19H,4,8,12-13,16H2/b9-5-/t19-/m1/s1. The number of nitriles is 1. The van der Waals surface area contributed by atoms with Crippen LogP contribution in [0.1, 0.15) is 24.0 Å². The molecule has 10 heteroatoms. The predicted octanol–water partition coefficient (Wildman–Crippen LogP) is 5.57. The van der Waals surface area contributed by atoms with E-state index in [-0.39, 0.29) is 34.9 Å². The highest BCUT2D eigenvalue weighted by Crippen LogP contribution is 2.31. The van der Waals surface area contributed by atoms with Crippen LogP contribution in [0.3, 0.4) is 0 Å². The fraction of sp³-hybridized carbons (Fsp3) is 0.292. The van der Waals surface area contributed by atoms with Crippen molar-refractivity contribution >= 4 is 33.6 Å². The number of hydrogen-bond acceptors (Lipinski definition) is 4. The van der Waals surface area contributed by atoms with Crippen molar-refractivity contribution in [3.63, 3.8) is 0 Å². The summed E-state index contributed by atoms with van der Waals surface area (Å²) in [5.41, 5.74) is 1.06. The Morgan fingerprint density at radius 1 is 1.24 bits per heavy atom. The molecule has 2 aromatic carbocycles. The minimum absolute atomic E-state index is 0.0171. The van der Waals surface area contributed by atoms with E-state index in [2.05, 4.69) is 15.9 Å². The minimum Gasteiger partial charge on any atom is -0.445 e. The predicted molar refractivity (Wildman–Crippen MR) is 123 cm³/mol. The average molecular weight is 536 g/mol. The summed E-state index contributed by atoms with van der Waals surface area (Å²) in [6, 6.07) is 14.7. The van der Waals surface area contributed by atoms with Crippen molar-refractivity contribution in [1.29, 1.82) is 5.26 Å². The summed E-state index contributed by atoms with van der Waals surface area (Å²) < 4.78 is 45.2. The van der Waals surface area contributed by atoms with E-state index in [4.69, 9.17) is 10.00 Å². The molecule has 178 valence electrons. The summed E-state index contributed by atoms with van der Waals surface area (Å²) in [5, 5.41) is 8.98.